The molecule has 3 heterocycles. The summed E-state index contributed by atoms with van der Waals surface area (Å²) in [6.07, 6.45) is 5.01. The van der Waals surface area contributed by atoms with Crippen molar-refractivity contribution in [3.05, 3.63) is 54.1 Å². The summed E-state index contributed by atoms with van der Waals surface area (Å²) in [7, 11) is 0. The molecule has 0 aliphatic carbocycles. The maximum atomic E-state index is 14.8. The van der Waals surface area contributed by atoms with E-state index in [9.17, 15) is 19.5 Å². The maximum absolute atomic E-state index is 14.8. The standard InChI is InChI=1S/C31H41ClN2O6/c1-7-15-33(25-20(6)11-10-12-22(25)32)28(37)26-31-14-13-30(9-3,40-31)24(29(38)39-16-8-2)23(31)27(36)34(26)21(18-35)17-19(4)5/h7-8,10-12,19,21,23-24,26,35H,1-2,9,13-18H2,3-6H3/t21-,23+,24+,26?,30-,31?/m1/s1. The summed E-state index contributed by atoms with van der Waals surface area (Å²) >= 11 is 6.63. The lowest BCUT2D eigenvalue weighted by Gasteiger charge is -2.40. The van der Waals surface area contributed by atoms with E-state index in [2.05, 4.69) is 13.2 Å². The lowest BCUT2D eigenvalue weighted by atomic mass is 9.65. The fraction of sp³-hybridized carbons (Fsp3) is 0.581. The molecule has 9 heteroatoms. The molecule has 4 rings (SSSR count). The van der Waals surface area contributed by atoms with Crippen LogP contribution in [0.4, 0.5) is 5.69 Å². The van der Waals surface area contributed by atoms with E-state index in [-0.39, 0.29) is 37.5 Å². The van der Waals surface area contributed by atoms with Crippen LogP contribution in [0.25, 0.3) is 0 Å². The van der Waals surface area contributed by atoms with Crippen LogP contribution in [0.15, 0.2) is 43.5 Å². The number of anilines is 1. The fourth-order valence-electron chi connectivity index (χ4n) is 7.27. The van der Waals surface area contributed by atoms with Gasteiger partial charge in [0.1, 0.15) is 24.2 Å². The topological polar surface area (TPSA) is 96.4 Å². The van der Waals surface area contributed by atoms with Crippen LogP contribution in [0.2, 0.25) is 5.02 Å². The van der Waals surface area contributed by atoms with E-state index in [1.54, 1.807) is 17.0 Å². The molecule has 6 atom stereocenters. The van der Waals surface area contributed by atoms with Gasteiger partial charge in [-0.1, -0.05) is 63.2 Å². The summed E-state index contributed by atoms with van der Waals surface area (Å²) in [5.74, 6) is -2.89. The lowest BCUT2D eigenvalue weighted by Crippen LogP contribution is -2.59. The van der Waals surface area contributed by atoms with Gasteiger partial charge < -0.3 is 24.4 Å². The van der Waals surface area contributed by atoms with E-state index >= 15 is 0 Å². The summed E-state index contributed by atoms with van der Waals surface area (Å²) in [5.41, 5.74) is -0.841. The first-order chi connectivity index (χ1) is 19.0. The third-order valence-electron chi connectivity index (χ3n) is 8.83. The van der Waals surface area contributed by atoms with Gasteiger partial charge in [0.2, 0.25) is 5.91 Å². The van der Waals surface area contributed by atoms with Gasteiger partial charge in [0.15, 0.2) is 0 Å². The van der Waals surface area contributed by atoms with Crippen molar-refractivity contribution in [1.29, 1.82) is 0 Å². The summed E-state index contributed by atoms with van der Waals surface area (Å²) < 4.78 is 12.3. The predicted octanol–water partition coefficient (Wildman–Crippen LogP) is 4.46. The highest BCUT2D eigenvalue weighted by Gasteiger charge is 2.79. The van der Waals surface area contributed by atoms with Crippen LogP contribution in [0.3, 0.4) is 0 Å². The summed E-state index contributed by atoms with van der Waals surface area (Å²) in [6, 6.07) is 3.70. The van der Waals surface area contributed by atoms with Gasteiger partial charge in [-0.15, -0.1) is 6.58 Å². The number of benzene rings is 1. The number of amides is 2. The SMILES string of the molecule is C=CCOC(=O)[C@@H]1[C@H]2C(=O)N([C@@H](CO)CC(C)C)C(C(=O)N(CC=C)c3c(C)cccc3Cl)C23CC[C@@]1(CC)O3. The minimum absolute atomic E-state index is 0.0145. The van der Waals surface area contributed by atoms with Crippen molar-refractivity contribution >= 4 is 35.1 Å². The number of aryl methyl sites for hydroxylation is 1. The average molecular weight is 573 g/mol. The number of halogens is 1. The molecule has 40 heavy (non-hydrogen) atoms. The molecule has 1 aromatic carbocycles. The molecule has 8 nitrogen and oxygen atoms in total. The van der Waals surface area contributed by atoms with E-state index in [1.807, 2.05) is 39.8 Å². The Morgan fingerprint density at radius 3 is 2.60 bits per heavy atom. The van der Waals surface area contributed by atoms with E-state index in [0.717, 1.165) is 5.56 Å². The Morgan fingerprint density at radius 2 is 2.02 bits per heavy atom. The smallest absolute Gasteiger partial charge is 0.313 e. The third-order valence-corrected chi connectivity index (χ3v) is 9.14. The van der Waals surface area contributed by atoms with Crippen molar-refractivity contribution in [1.82, 2.24) is 4.90 Å². The second kappa shape index (κ2) is 11.7. The number of hydrogen-bond donors (Lipinski definition) is 1. The van der Waals surface area contributed by atoms with Crippen LogP contribution < -0.4 is 4.90 Å². The Morgan fingerprint density at radius 1 is 1.30 bits per heavy atom. The van der Waals surface area contributed by atoms with Crippen LogP contribution in [-0.4, -0.2) is 70.8 Å². The minimum atomic E-state index is -1.25. The number of aliphatic hydroxyl groups excluding tert-OH is 1. The molecular weight excluding hydrogens is 532 g/mol. The fourth-order valence-corrected chi connectivity index (χ4v) is 7.60. The molecule has 3 saturated heterocycles. The molecule has 0 radical (unpaired) electrons. The van der Waals surface area contributed by atoms with Crippen LogP contribution >= 0.6 is 11.6 Å². The summed E-state index contributed by atoms with van der Waals surface area (Å²) in [6.45, 7) is 15.1. The van der Waals surface area contributed by atoms with Crippen molar-refractivity contribution in [2.45, 2.75) is 76.7 Å². The van der Waals surface area contributed by atoms with Crippen molar-refractivity contribution < 1.29 is 29.0 Å². The molecule has 1 spiro atoms. The highest BCUT2D eigenvalue weighted by atomic mass is 35.5. The Balaban J connectivity index is 1.90. The van der Waals surface area contributed by atoms with E-state index in [0.29, 0.717) is 36.4 Å². The number of ether oxygens (including phenoxy) is 2. The molecule has 1 aromatic rings. The van der Waals surface area contributed by atoms with Crippen LogP contribution in [-0.2, 0) is 23.9 Å². The molecule has 2 amide bonds. The number of likely N-dealkylation sites (tertiary alicyclic amines) is 1. The Kier molecular flexibility index (Phi) is 8.83. The van der Waals surface area contributed by atoms with E-state index in [1.165, 1.54) is 11.0 Å². The van der Waals surface area contributed by atoms with Crippen LogP contribution in [0.5, 0.6) is 0 Å². The molecule has 2 bridgehead atoms. The van der Waals surface area contributed by atoms with Crippen molar-refractivity contribution in [3.8, 4) is 0 Å². The number of para-hydroxylation sites is 1. The molecule has 3 aliphatic heterocycles. The number of fused-ring (bicyclic) bond motifs is 1. The van der Waals surface area contributed by atoms with Crippen LogP contribution in [0, 0.1) is 24.7 Å². The van der Waals surface area contributed by atoms with Gasteiger partial charge in [-0.2, -0.15) is 0 Å². The monoisotopic (exact) mass is 572 g/mol. The Hall–Kier alpha value is -2.68. The number of hydrogen-bond acceptors (Lipinski definition) is 6. The van der Waals surface area contributed by atoms with E-state index < -0.39 is 41.1 Å². The molecule has 3 aliphatic rings. The van der Waals surface area contributed by atoms with Gasteiger partial charge in [0.25, 0.3) is 5.91 Å². The van der Waals surface area contributed by atoms with Crippen molar-refractivity contribution in [3.63, 3.8) is 0 Å². The van der Waals surface area contributed by atoms with Gasteiger partial charge in [-0.25, -0.2) is 0 Å². The maximum Gasteiger partial charge on any atom is 0.313 e. The first-order valence-electron chi connectivity index (χ1n) is 14.1. The number of carbonyl (C=O) groups is 3. The second-order valence-corrected chi connectivity index (χ2v) is 12.0. The lowest BCUT2D eigenvalue weighted by molar-refractivity contribution is -0.161. The quantitative estimate of drug-likeness (QED) is 0.293. The Bertz CT molecular complexity index is 1170. The van der Waals surface area contributed by atoms with Crippen molar-refractivity contribution in [2.75, 3.05) is 24.7 Å². The number of carbonyl (C=O) groups excluding carboxylic acids is 3. The normalized spacial score (nSPS) is 29.4. The first kappa shape index (κ1) is 30.3. The average Bonchev–Trinajstić information content (AvgIpc) is 3.53. The molecule has 1 N–H and O–H groups in total. The van der Waals surface area contributed by atoms with E-state index in [4.69, 9.17) is 21.1 Å². The van der Waals surface area contributed by atoms with Crippen LogP contribution in [0.1, 0.15) is 52.0 Å². The number of nitrogens with zero attached hydrogens (tertiary/aromatic N) is 2. The molecule has 3 fully saturated rings. The van der Waals surface area contributed by atoms with Gasteiger partial charge in [-0.05, 0) is 50.2 Å². The predicted molar refractivity (Wildman–Crippen MR) is 154 cm³/mol. The summed E-state index contributed by atoms with van der Waals surface area (Å²) in [4.78, 5) is 45.8. The molecular formula is C31H41ClN2O6. The van der Waals surface area contributed by atoms with Crippen molar-refractivity contribution in [2.24, 2.45) is 17.8 Å². The number of aliphatic hydroxyl groups is 1. The number of rotatable bonds is 12. The minimum Gasteiger partial charge on any atom is -0.461 e. The van der Waals surface area contributed by atoms with Gasteiger partial charge in [-0.3, -0.25) is 14.4 Å². The zero-order valence-corrected chi connectivity index (χ0v) is 24.7. The van der Waals surface area contributed by atoms with Gasteiger partial charge in [0, 0.05) is 6.54 Å². The first-order valence-corrected chi connectivity index (χ1v) is 14.5. The highest BCUT2D eigenvalue weighted by Crippen LogP contribution is 2.65. The molecule has 2 unspecified atom stereocenters. The highest BCUT2D eigenvalue weighted by molar-refractivity contribution is 6.34. The molecule has 0 saturated carbocycles. The summed E-state index contributed by atoms with van der Waals surface area (Å²) in [5, 5.41) is 10.9. The number of esters is 1. The third kappa shape index (κ3) is 4.68. The molecule has 0 aromatic heterocycles. The zero-order valence-electron chi connectivity index (χ0n) is 23.9. The van der Waals surface area contributed by atoms with Gasteiger partial charge >= 0.3 is 5.97 Å². The zero-order chi connectivity index (χ0) is 29.4. The largest absolute Gasteiger partial charge is 0.461 e. The van der Waals surface area contributed by atoms with Gasteiger partial charge in [0.05, 0.1) is 34.9 Å². The second-order valence-electron chi connectivity index (χ2n) is 11.6. The Labute approximate surface area is 241 Å². The molecule has 218 valence electrons.